The average molecular weight is 286 g/mol. The van der Waals surface area contributed by atoms with Gasteiger partial charge >= 0.3 is 115 Å². The van der Waals surface area contributed by atoms with Gasteiger partial charge in [0, 0.05) is 0 Å². The number of allylic oxidation sites excluding steroid dienone is 4. The van der Waals surface area contributed by atoms with Crippen molar-refractivity contribution in [3.8, 4) is 0 Å². The van der Waals surface area contributed by atoms with E-state index in [0.717, 1.165) is 0 Å². The summed E-state index contributed by atoms with van der Waals surface area (Å²) >= 11 is -1.17. The zero-order chi connectivity index (χ0) is 13.2. The Hall–Kier alpha value is 0.371. The first-order valence-electron chi connectivity index (χ1n) is 6.79. The first kappa shape index (κ1) is 15.4. The molecule has 0 saturated carbocycles. The van der Waals surface area contributed by atoms with Gasteiger partial charge in [0.05, 0.1) is 0 Å². The van der Waals surface area contributed by atoms with E-state index in [4.69, 9.17) is 0 Å². The van der Waals surface area contributed by atoms with Gasteiger partial charge in [-0.1, -0.05) is 0 Å². The third-order valence-electron chi connectivity index (χ3n) is 3.17. The van der Waals surface area contributed by atoms with Crippen LogP contribution in [0, 0.1) is 0 Å². The molecule has 0 aromatic carbocycles. The Balaban J connectivity index is 2.83. The van der Waals surface area contributed by atoms with Crippen LogP contribution in [0.3, 0.4) is 0 Å². The molecule has 0 aromatic rings. The molecule has 0 aliphatic heterocycles. The van der Waals surface area contributed by atoms with Crippen molar-refractivity contribution in [1.82, 2.24) is 3.80 Å². The van der Waals surface area contributed by atoms with Crippen molar-refractivity contribution in [2.45, 2.75) is 66.1 Å². The van der Waals surface area contributed by atoms with Crippen LogP contribution in [-0.2, 0) is 17.4 Å². The van der Waals surface area contributed by atoms with Crippen LogP contribution in [0.2, 0.25) is 13.1 Å². The summed E-state index contributed by atoms with van der Waals surface area (Å²) in [7, 11) is 0. The molecule has 0 heterocycles. The molecule has 3 heteroatoms. The molecule has 0 unspecified atom stereocenters. The average Bonchev–Trinajstić information content (AvgIpc) is 2.54. The minimum absolute atomic E-state index is 0.288. The summed E-state index contributed by atoms with van der Waals surface area (Å²) in [4.78, 5) is 0. The molecular formula is C14H28NSiTi. The molecule has 1 aliphatic rings. The second kappa shape index (κ2) is 6.01. The van der Waals surface area contributed by atoms with E-state index in [0.29, 0.717) is 0 Å². The summed E-state index contributed by atoms with van der Waals surface area (Å²) in [6.45, 7) is 16.0. The van der Waals surface area contributed by atoms with E-state index in [1.165, 1.54) is 12.8 Å². The van der Waals surface area contributed by atoms with Crippen molar-refractivity contribution in [3.63, 3.8) is 0 Å². The number of nitrogens with one attached hydrogen (secondary N) is 1. The quantitative estimate of drug-likeness (QED) is 0.773. The van der Waals surface area contributed by atoms with Crippen LogP contribution in [-0.4, -0.2) is 12.2 Å². The van der Waals surface area contributed by atoms with Gasteiger partial charge in [-0.25, -0.2) is 0 Å². The molecule has 17 heavy (non-hydrogen) atoms. The molecule has 1 nitrogen and oxygen atoms in total. The summed E-state index contributed by atoms with van der Waals surface area (Å²) in [6.07, 6.45) is 5.01. The molecule has 1 N–H and O–H groups in total. The summed E-state index contributed by atoms with van der Waals surface area (Å²) in [5, 5.41) is 0. The molecule has 0 spiro atoms. The molecule has 0 bridgehead atoms. The fourth-order valence-corrected chi connectivity index (χ4v) is 13.5. The Bertz CT molecular complexity index is 337. The van der Waals surface area contributed by atoms with E-state index < -0.39 is 24.0 Å². The Morgan fingerprint density at radius 1 is 1.35 bits per heavy atom. The van der Waals surface area contributed by atoms with Crippen LogP contribution < -0.4 is 3.80 Å². The molecule has 1 aliphatic carbocycles. The van der Waals surface area contributed by atoms with Gasteiger partial charge in [-0.05, 0) is 0 Å². The predicted octanol–water partition coefficient (Wildman–Crippen LogP) is 3.91. The van der Waals surface area contributed by atoms with Gasteiger partial charge in [0.2, 0.25) is 0 Å². The van der Waals surface area contributed by atoms with Crippen LogP contribution in [0.1, 0.15) is 47.5 Å². The van der Waals surface area contributed by atoms with Crippen molar-refractivity contribution in [2.24, 2.45) is 0 Å². The fourth-order valence-electron chi connectivity index (χ4n) is 2.36. The Morgan fingerprint density at radius 2 is 1.94 bits per heavy atom. The minimum atomic E-state index is -1.17. The Morgan fingerprint density at radius 3 is 2.29 bits per heavy atom. The monoisotopic (exact) mass is 286 g/mol. The van der Waals surface area contributed by atoms with Crippen LogP contribution in [0.4, 0.5) is 0 Å². The SMILES string of the molecule is CCC1=C(C)C[C]([Ti]([NH]C(C)(C)C)[SiH](C)C)=C1. The summed E-state index contributed by atoms with van der Waals surface area (Å²) < 4.78 is 5.80. The summed E-state index contributed by atoms with van der Waals surface area (Å²) in [5.41, 5.74) is 3.52. The van der Waals surface area contributed by atoms with Crippen LogP contribution in [0.5, 0.6) is 0 Å². The third kappa shape index (κ3) is 4.51. The Kier molecular flexibility index (Phi) is 5.45. The van der Waals surface area contributed by atoms with Crippen molar-refractivity contribution in [2.75, 3.05) is 0 Å². The molecule has 0 radical (unpaired) electrons. The van der Waals surface area contributed by atoms with E-state index in [-0.39, 0.29) is 5.54 Å². The van der Waals surface area contributed by atoms with Crippen molar-refractivity contribution in [1.29, 1.82) is 0 Å². The molecule has 0 amide bonds. The van der Waals surface area contributed by atoms with Gasteiger partial charge in [0.1, 0.15) is 0 Å². The first-order valence-corrected chi connectivity index (χ1v) is 13.9. The number of rotatable bonds is 4. The standard InChI is InChI=1S/C8H11.C4H10N.C2H7Si.Ti/c1-3-8-6-4-5-7(8)2;1-4(2,3)5;1-3-2;/h6H,3,5H2,1-2H3;5H,1-3H3;3H,1-2H3;/q;-1;;+1. The van der Waals surface area contributed by atoms with E-state index in [1.54, 1.807) is 15.0 Å². The summed E-state index contributed by atoms with van der Waals surface area (Å²) in [6, 6.07) is 0. The maximum absolute atomic E-state index is 4.00. The molecule has 0 saturated heterocycles. The van der Waals surface area contributed by atoms with Gasteiger partial charge in [-0.3, -0.25) is 0 Å². The van der Waals surface area contributed by atoms with Gasteiger partial charge in [0.15, 0.2) is 0 Å². The summed E-state index contributed by atoms with van der Waals surface area (Å²) in [5.74, 6) is 0. The molecule has 0 aromatic heterocycles. The molecular weight excluding hydrogens is 258 g/mol. The van der Waals surface area contributed by atoms with Crippen molar-refractivity contribution >= 4 is 6.66 Å². The number of hydrogen-bond donors (Lipinski definition) is 1. The zero-order valence-electron chi connectivity index (χ0n) is 12.6. The number of hydrogen-bond acceptors (Lipinski definition) is 1. The van der Waals surface area contributed by atoms with Gasteiger partial charge < -0.3 is 0 Å². The van der Waals surface area contributed by atoms with Crippen molar-refractivity contribution < 1.29 is 17.4 Å². The van der Waals surface area contributed by atoms with E-state index in [1.807, 2.05) is 0 Å². The molecule has 97 valence electrons. The molecule has 1 rings (SSSR count). The van der Waals surface area contributed by atoms with Crippen LogP contribution in [0.15, 0.2) is 21.1 Å². The van der Waals surface area contributed by atoms with Crippen LogP contribution >= 0.6 is 0 Å². The third-order valence-corrected chi connectivity index (χ3v) is 15.0. The molecule has 0 fully saturated rings. The van der Waals surface area contributed by atoms with E-state index >= 15 is 0 Å². The zero-order valence-corrected chi connectivity index (χ0v) is 15.3. The molecule has 0 atom stereocenters. The van der Waals surface area contributed by atoms with Crippen LogP contribution in [0.25, 0.3) is 0 Å². The van der Waals surface area contributed by atoms with E-state index in [9.17, 15) is 0 Å². The maximum atomic E-state index is 4.00. The second-order valence-electron chi connectivity index (χ2n) is 6.45. The van der Waals surface area contributed by atoms with E-state index in [2.05, 4.69) is 57.6 Å². The Labute approximate surface area is 115 Å². The van der Waals surface area contributed by atoms with Gasteiger partial charge in [0.25, 0.3) is 0 Å². The van der Waals surface area contributed by atoms with Gasteiger partial charge in [-0.15, -0.1) is 0 Å². The normalized spacial score (nSPS) is 16.8. The topological polar surface area (TPSA) is 12.0 Å². The second-order valence-corrected chi connectivity index (χ2v) is 19.2. The van der Waals surface area contributed by atoms with Gasteiger partial charge in [-0.2, -0.15) is 0 Å². The predicted molar refractivity (Wildman–Crippen MR) is 77.5 cm³/mol. The van der Waals surface area contributed by atoms with Crippen molar-refractivity contribution in [3.05, 3.63) is 21.1 Å². The first-order chi connectivity index (χ1) is 7.74. The fraction of sp³-hybridized carbons (Fsp3) is 0.714.